The van der Waals surface area contributed by atoms with E-state index >= 15 is 0 Å². The Morgan fingerprint density at radius 2 is 1.77 bits per heavy atom. The van der Waals surface area contributed by atoms with Crippen LogP contribution in [0.1, 0.15) is 44.9 Å². The van der Waals surface area contributed by atoms with Crippen LogP contribution in [0, 0.1) is 6.92 Å². The van der Waals surface area contributed by atoms with E-state index in [0.29, 0.717) is 35.8 Å². The standard InChI is InChI=1S/C24H26N4O3/c1-17-7-3-4-8-20(17)24(30)27(2)16-13-21-25-22(31-26-21)18-9-11-19(12-10-18)23(29)28-14-5-6-15-28/h3-4,7-12H,5-6,13-16H2,1-2H3. The predicted octanol–water partition coefficient (Wildman–Crippen LogP) is 3.60. The van der Waals surface area contributed by atoms with Gasteiger partial charge in [0.2, 0.25) is 0 Å². The average Bonchev–Trinajstić information content (AvgIpc) is 3.49. The number of carbonyl (C=O) groups excluding carboxylic acids is 2. The zero-order valence-corrected chi connectivity index (χ0v) is 17.9. The van der Waals surface area contributed by atoms with Crippen molar-refractivity contribution >= 4 is 11.8 Å². The largest absolute Gasteiger partial charge is 0.341 e. The van der Waals surface area contributed by atoms with Crippen LogP contribution in [0.15, 0.2) is 53.1 Å². The van der Waals surface area contributed by atoms with Crippen molar-refractivity contribution in [3.8, 4) is 11.5 Å². The Morgan fingerprint density at radius 1 is 1.06 bits per heavy atom. The second-order valence-electron chi connectivity index (χ2n) is 7.88. The van der Waals surface area contributed by atoms with Gasteiger partial charge in [0.25, 0.3) is 17.7 Å². The SMILES string of the molecule is Cc1ccccc1C(=O)N(C)CCc1noc(-c2ccc(C(=O)N3CCCC3)cc2)n1. The minimum absolute atomic E-state index is 0.0277. The van der Waals surface area contributed by atoms with Gasteiger partial charge in [-0.05, 0) is 55.7 Å². The number of aromatic nitrogens is 2. The Morgan fingerprint density at radius 3 is 2.48 bits per heavy atom. The number of likely N-dealkylation sites (tertiary alicyclic amines) is 1. The summed E-state index contributed by atoms with van der Waals surface area (Å²) >= 11 is 0. The highest BCUT2D eigenvalue weighted by Gasteiger charge is 2.20. The van der Waals surface area contributed by atoms with Crippen LogP contribution in [0.3, 0.4) is 0 Å². The van der Waals surface area contributed by atoms with Crippen LogP contribution in [-0.2, 0) is 6.42 Å². The van der Waals surface area contributed by atoms with Crippen LogP contribution in [0.5, 0.6) is 0 Å². The van der Waals surface area contributed by atoms with Crippen molar-refractivity contribution in [1.29, 1.82) is 0 Å². The fraction of sp³-hybridized carbons (Fsp3) is 0.333. The molecule has 31 heavy (non-hydrogen) atoms. The molecule has 0 aliphatic carbocycles. The van der Waals surface area contributed by atoms with Crippen LogP contribution in [-0.4, -0.2) is 58.4 Å². The fourth-order valence-corrected chi connectivity index (χ4v) is 3.72. The number of likely N-dealkylation sites (N-methyl/N-ethyl adjacent to an activating group) is 1. The van der Waals surface area contributed by atoms with Crippen LogP contribution < -0.4 is 0 Å². The van der Waals surface area contributed by atoms with E-state index in [1.54, 1.807) is 24.1 Å². The highest BCUT2D eigenvalue weighted by Crippen LogP contribution is 2.20. The summed E-state index contributed by atoms with van der Waals surface area (Å²) in [4.78, 5) is 33.1. The van der Waals surface area contributed by atoms with Crippen LogP contribution in [0.2, 0.25) is 0 Å². The van der Waals surface area contributed by atoms with Gasteiger partial charge in [0.1, 0.15) is 0 Å². The molecule has 3 aromatic rings. The van der Waals surface area contributed by atoms with Gasteiger partial charge in [-0.2, -0.15) is 4.98 Å². The summed E-state index contributed by atoms with van der Waals surface area (Å²) in [5.41, 5.74) is 3.08. The molecule has 1 fully saturated rings. The first kappa shape index (κ1) is 20.8. The van der Waals surface area contributed by atoms with Gasteiger partial charge in [-0.3, -0.25) is 9.59 Å². The lowest BCUT2D eigenvalue weighted by Gasteiger charge is -2.17. The highest BCUT2D eigenvalue weighted by molar-refractivity contribution is 5.95. The molecule has 0 bridgehead atoms. The summed E-state index contributed by atoms with van der Waals surface area (Å²) in [5, 5.41) is 4.04. The fourth-order valence-electron chi connectivity index (χ4n) is 3.72. The molecule has 160 valence electrons. The minimum Gasteiger partial charge on any atom is -0.341 e. The second-order valence-corrected chi connectivity index (χ2v) is 7.88. The Kier molecular flexibility index (Phi) is 6.11. The molecule has 1 saturated heterocycles. The van der Waals surface area contributed by atoms with Crippen molar-refractivity contribution in [2.24, 2.45) is 0 Å². The maximum Gasteiger partial charge on any atom is 0.257 e. The molecule has 7 nitrogen and oxygen atoms in total. The summed E-state index contributed by atoms with van der Waals surface area (Å²) in [7, 11) is 1.77. The van der Waals surface area contributed by atoms with E-state index in [4.69, 9.17) is 4.52 Å². The van der Waals surface area contributed by atoms with Gasteiger partial charge in [0.15, 0.2) is 5.82 Å². The molecule has 2 aromatic carbocycles. The molecule has 0 atom stereocenters. The molecule has 0 spiro atoms. The Bertz CT molecular complexity index is 1070. The van der Waals surface area contributed by atoms with Crippen molar-refractivity contribution in [3.63, 3.8) is 0 Å². The molecule has 0 unspecified atom stereocenters. The second kappa shape index (κ2) is 9.12. The monoisotopic (exact) mass is 418 g/mol. The summed E-state index contributed by atoms with van der Waals surface area (Å²) < 4.78 is 5.39. The van der Waals surface area contributed by atoms with Crippen molar-refractivity contribution in [2.45, 2.75) is 26.2 Å². The van der Waals surface area contributed by atoms with Gasteiger partial charge in [-0.1, -0.05) is 23.4 Å². The predicted molar refractivity (Wildman–Crippen MR) is 117 cm³/mol. The number of aryl methyl sites for hydroxylation is 1. The minimum atomic E-state index is -0.0277. The summed E-state index contributed by atoms with van der Waals surface area (Å²) in [6.07, 6.45) is 2.63. The maximum atomic E-state index is 12.6. The first-order valence-electron chi connectivity index (χ1n) is 10.6. The number of hydrogen-bond donors (Lipinski definition) is 0. The molecule has 1 aliphatic heterocycles. The molecule has 0 radical (unpaired) electrons. The van der Waals surface area contributed by atoms with Crippen LogP contribution in [0.25, 0.3) is 11.5 Å². The lowest BCUT2D eigenvalue weighted by molar-refractivity contribution is 0.0786. The summed E-state index contributed by atoms with van der Waals surface area (Å²) in [5.74, 6) is 0.983. The van der Waals surface area contributed by atoms with E-state index in [-0.39, 0.29) is 11.8 Å². The lowest BCUT2D eigenvalue weighted by atomic mass is 10.1. The molecule has 7 heteroatoms. The van der Waals surface area contributed by atoms with E-state index in [1.165, 1.54) is 0 Å². The first-order chi connectivity index (χ1) is 15.0. The maximum absolute atomic E-state index is 12.6. The Labute approximate surface area is 181 Å². The molecule has 0 saturated carbocycles. The van der Waals surface area contributed by atoms with Crippen molar-refractivity contribution in [2.75, 3.05) is 26.7 Å². The van der Waals surface area contributed by atoms with E-state index in [2.05, 4.69) is 10.1 Å². The van der Waals surface area contributed by atoms with Gasteiger partial charge in [0.05, 0.1) is 0 Å². The smallest absolute Gasteiger partial charge is 0.257 e. The third-order valence-corrected chi connectivity index (χ3v) is 5.63. The normalized spacial score (nSPS) is 13.4. The quantitative estimate of drug-likeness (QED) is 0.611. The van der Waals surface area contributed by atoms with E-state index in [1.807, 2.05) is 48.2 Å². The third kappa shape index (κ3) is 4.66. The topological polar surface area (TPSA) is 79.5 Å². The number of rotatable bonds is 6. The highest BCUT2D eigenvalue weighted by atomic mass is 16.5. The molecule has 1 aromatic heterocycles. The van der Waals surface area contributed by atoms with Gasteiger partial charge < -0.3 is 14.3 Å². The van der Waals surface area contributed by atoms with Crippen molar-refractivity contribution in [1.82, 2.24) is 19.9 Å². The Hall–Kier alpha value is -3.48. The Balaban J connectivity index is 1.36. The summed E-state index contributed by atoms with van der Waals surface area (Å²) in [6.45, 7) is 4.06. The molecular formula is C24H26N4O3. The molecule has 1 aliphatic rings. The number of carbonyl (C=O) groups is 2. The van der Waals surface area contributed by atoms with Crippen LogP contribution >= 0.6 is 0 Å². The number of hydrogen-bond acceptors (Lipinski definition) is 5. The molecule has 2 amide bonds. The molecular weight excluding hydrogens is 392 g/mol. The zero-order valence-electron chi connectivity index (χ0n) is 17.9. The van der Waals surface area contributed by atoms with Gasteiger partial charge in [-0.25, -0.2) is 0 Å². The summed E-state index contributed by atoms with van der Waals surface area (Å²) in [6, 6.07) is 14.8. The van der Waals surface area contributed by atoms with Gasteiger partial charge in [0, 0.05) is 49.8 Å². The van der Waals surface area contributed by atoms with E-state index < -0.39 is 0 Å². The lowest BCUT2D eigenvalue weighted by Crippen LogP contribution is -2.29. The van der Waals surface area contributed by atoms with Crippen molar-refractivity contribution in [3.05, 3.63) is 71.0 Å². The van der Waals surface area contributed by atoms with Crippen LogP contribution in [0.4, 0.5) is 0 Å². The molecule has 4 rings (SSSR count). The van der Waals surface area contributed by atoms with E-state index in [0.717, 1.165) is 37.1 Å². The molecule has 2 heterocycles. The number of amides is 2. The average molecular weight is 418 g/mol. The number of benzene rings is 2. The van der Waals surface area contributed by atoms with Crippen molar-refractivity contribution < 1.29 is 14.1 Å². The number of nitrogens with zero attached hydrogens (tertiary/aromatic N) is 4. The zero-order chi connectivity index (χ0) is 21.8. The third-order valence-electron chi connectivity index (χ3n) is 5.63. The van der Waals surface area contributed by atoms with E-state index in [9.17, 15) is 9.59 Å². The molecule has 0 N–H and O–H groups in total. The first-order valence-corrected chi connectivity index (χ1v) is 10.6. The van der Waals surface area contributed by atoms with Gasteiger partial charge in [-0.15, -0.1) is 0 Å². The van der Waals surface area contributed by atoms with Gasteiger partial charge >= 0.3 is 0 Å².